The summed E-state index contributed by atoms with van der Waals surface area (Å²) in [7, 11) is 0. The number of nitrogens with zero attached hydrogens (tertiary/aromatic N) is 2. The Labute approximate surface area is 136 Å². The summed E-state index contributed by atoms with van der Waals surface area (Å²) in [6, 6.07) is 10.7. The number of piperazine rings is 1. The topological polar surface area (TPSA) is 18.5 Å². The van der Waals surface area contributed by atoms with Crippen LogP contribution in [-0.2, 0) is 6.54 Å². The normalized spacial score (nSPS) is 17.0. The van der Waals surface area contributed by atoms with E-state index in [1.54, 1.807) is 0 Å². The Balaban J connectivity index is 1.49. The predicted octanol–water partition coefficient (Wildman–Crippen LogP) is 2.97. The highest BCUT2D eigenvalue weighted by molar-refractivity contribution is 5.14. The molecule has 0 radical (unpaired) electrons. The van der Waals surface area contributed by atoms with Gasteiger partial charge in [-0.15, -0.1) is 0 Å². The number of hydrogen-bond donors (Lipinski definition) is 1. The Morgan fingerprint density at radius 3 is 2.23 bits per heavy atom. The molecule has 1 saturated heterocycles. The lowest BCUT2D eigenvalue weighted by Gasteiger charge is -2.34. The number of rotatable bonds is 10. The van der Waals surface area contributed by atoms with Crippen molar-refractivity contribution in [1.82, 2.24) is 15.1 Å². The molecule has 2 rings (SSSR count). The van der Waals surface area contributed by atoms with Crippen LogP contribution in [0.5, 0.6) is 0 Å². The van der Waals surface area contributed by atoms with Crippen LogP contribution in [0, 0.1) is 0 Å². The SMILES string of the molecule is CCCCCCN1CCN(CCNCc2ccccc2)CC1. The van der Waals surface area contributed by atoms with Gasteiger partial charge in [-0.3, -0.25) is 4.90 Å². The van der Waals surface area contributed by atoms with Crippen LogP contribution >= 0.6 is 0 Å². The molecule has 0 atom stereocenters. The van der Waals surface area contributed by atoms with E-state index in [4.69, 9.17) is 0 Å². The minimum absolute atomic E-state index is 0.984. The van der Waals surface area contributed by atoms with E-state index in [2.05, 4.69) is 52.4 Å². The number of unbranched alkanes of at least 4 members (excludes halogenated alkanes) is 3. The lowest BCUT2D eigenvalue weighted by Crippen LogP contribution is -2.48. The van der Waals surface area contributed by atoms with Crippen LogP contribution < -0.4 is 5.32 Å². The minimum Gasteiger partial charge on any atom is -0.311 e. The van der Waals surface area contributed by atoms with E-state index >= 15 is 0 Å². The molecule has 0 amide bonds. The molecule has 22 heavy (non-hydrogen) atoms. The molecule has 1 aromatic carbocycles. The largest absolute Gasteiger partial charge is 0.311 e. The molecule has 1 aromatic rings. The zero-order valence-electron chi connectivity index (χ0n) is 14.3. The van der Waals surface area contributed by atoms with Gasteiger partial charge in [0.2, 0.25) is 0 Å². The molecule has 1 heterocycles. The van der Waals surface area contributed by atoms with Gasteiger partial charge in [-0.2, -0.15) is 0 Å². The zero-order valence-corrected chi connectivity index (χ0v) is 14.3. The van der Waals surface area contributed by atoms with Crippen molar-refractivity contribution in [1.29, 1.82) is 0 Å². The van der Waals surface area contributed by atoms with Crippen molar-refractivity contribution in [3.63, 3.8) is 0 Å². The highest BCUT2D eigenvalue weighted by Crippen LogP contribution is 2.05. The Morgan fingerprint density at radius 1 is 0.864 bits per heavy atom. The summed E-state index contributed by atoms with van der Waals surface area (Å²) >= 11 is 0. The van der Waals surface area contributed by atoms with Gasteiger partial charge < -0.3 is 10.2 Å². The second-order valence-electron chi connectivity index (χ2n) is 6.41. The van der Waals surface area contributed by atoms with E-state index in [1.165, 1.54) is 70.5 Å². The average molecular weight is 303 g/mol. The second-order valence-corrected chi connectivity index (χ2v) is 6.41. The van der Waals surface area contributed by atoms with Crippen molar-refractivity contribution in [2.24, 2.45) is 0 Å². The molecule has 1 aliphatic heterocycles. The number of nitrogens with one attached hydrogen (secondary N) is 1. The van der Waals surface area contributed by atoms with Gasteiger partial charge in [0.15, 0.2) is 0 Å². The summed E-state index contributed by atoms with van der Waals surface area (Å²) in [6.07, 6.45) is 5.52. The summed E-state index contributed by atoms with van der Waals surface area (Å²) in [5.41, 5.74) is 1.37. The standard InChI is InChI=1S/C19H33N3/c1-2-3-4-8-12-21-14-16-22(17-15-21)13-11-20-18-19-9-6-5-7-10-19/h5-7,9-10,20H,2-4,8,11-18H2,1H3. The van der Waals surface area contributed by atoms with Gasteiger partial charge in [-0.05, 0) is 18.5 Å². The first-order chi connectivity index (χ1) is 10.9. The summed E-state index contributed by atoms with van der Waals surface area (Å²) in [4.78, 5) is 5.24. The molecule has 3 nitrogen and oxygen atoms in total. The van der Waals surface area contributed by atoms with Crippen LogP contribution in [0.15, 0.2) is 30.3 Å². The van der Waals surface area contributed by atoms with Crippen LogP contribution in [0.2, 0.25) is 0 Å². The maximum atomic E-state index is 3.55. The molecule has 0 aliphatic carbocycles. The van der Waals surface area contributed by atoms with Crippen molar-refractivity contribution in [3.05, 3.63) is 35.9 Å². The summed E-state index contributed by atoms with van der Waals surface area (Å²) in [5, 5.41) is 3.55. The molecule has 0 unspecified atom stereocenters. The molecule has 0 bridgehead atoms. The van der Waals surface area contributed by atoms with Gasteiger partial charge in [-0.25, -0.2) is 0 Å². The average Bonchev–Trinajstić information content (AvgIpc) is 2.58. The van der Waals surface area contributed by atoms with Crippen LogP contribution in [0.1, 0.15) is 38.2 Å². The van der Waals surface area contributed by atoms with Gasteiger partial charge in [-0.1, -0.05) is 56.5 Å². The fourth-order valence-corrected chi connectivity index (χ4v) is 3.06. The zero-order chi connectivity index (χ0) is 15.5. The first-order valence-electron chi connectivity index (χ1n) is 9.08. The van der Waals surface area contributed by atoms with E-state index in [-0.39, 0.29) is 0 Å². The molecular formula is C19H33N3. The second kappa shape index (κ2) is 10.8. The van der Waals surface area contributed by atoms with Gasteiger partial charge in [0.1, 0.15) is 0 Å². The quantitative estimate of drug-likeness (QED) is 0.670. The Bertz CT molecular complexity index is 372. The highest BCUT2D eigenvalue weighted by atomic mass is 15.3. The monoisotopic (exact) mass is 303 g/mol. The van der Waals surface area contributed by atoms with E-state index in [0.29, 0.717) is 0 Å². The first kappa shape index (κ1) is 17.5. The molecule has 1 aliphatic rings. The highest BCUT2D eigenvalue weighted by Gasteiger charge is 2.15. The van der Waals surface area contributed by atoms with Crippen molar-refractivity contribution in [3.8, 4) is 0 Å². The number of benzene rings is 1. The van der Waals surface area contributed by atoms with E-state index in [1.807, 2.05) is 0 Å². The minimum atomic E-state index is 0.984. The van der Waals surface area contributed by atoms with Gasteiger partial charge in [0, 0.05) is 45.8 Å². The van der Waals surface area contributed by atoms with Crippen LogP contribution in [-0.4, -0.2) is 55.6 Å². The first-order valence-corrected chi connectivity index (χ1v) is 9.08. The van der Waals surface area contributed by atoms with E-state index in [9.17, 15) is 0 Å². The number of hydrogen-bond acceptors (Lipinski definition) is 3. The maximum Gasteiger partial charge on any atom is 0.0206 e. The molecule has 1 N–H and O–H groups in total. The fraction of sp³-hybridized carbons (Fsp3) is 0.684. The van der Waals surface area contributed by atoms with Gasteiger partial charge >= 0.3 is 0 Å². The third-order valence-corrected chi connectivity index (χ3v) is 4.57. The van der Waals surface area contributed by atoms with Gasteiger partial charge in [0.25, 0.3) is 0 Å². The predicted molar refractivity (Wildman–Crippen MR) is 95.2 cm³/mol. The molecule has 0 aromatic heterocycles. The van der Waals surface area contributed by atoms with Crippen molar-refractivity contribution < 1.29 is 0 Å². The Hall–Kier alpha value is -0.900. The lowest BCUT2D eigenvalue weighted by atomic mass is 10.2. The van der Waals surface area contributed by atoms with Crippen LogP contribution in [0.3, 0.4) is 0 Å². The van der Waals surface area contributed by atoms with Crippen molar-refractivity contribution in [2.75, 3.05) is 45.8 Å². The molecule has 0 spiro atoms. The van der Waals surface area contributed by atoms with Gasteiger partial charge in [0.05, 0.1) is 0 Å². The van der Waals surface area contributed by atoms with Crippen LogP contribution in [0.25, 0.3) is 0 Å². The van der Waals surface area contributed by atoms with Crippen molar-refractivity contribution >= 4 is 0 Å². The lowest BCUT2D eigenvalue weighted by molar-refractivity contribution is 0.131. The molecule has 1 fully saturated rings. The Kier molecular flexibility index (Phi) is 8.54. The third kappa shape index (κ3) is 6.91. The maximum absolute atomic E-state index is 3.55. The van der Waals surface area contributed by atoms with E-state index < -0.39 is 0 Å². The smallest absolute Gasteiger partial charge is 0.0206 e. The third-order valence-electron chi connectivity index (χ3n) is 4.57. The van der Waals surface area contributed by atoms with Crippen molar-refractivity contribution in [2.45, 2.75) is 39.2 Å². The molecule has 0 saturated carbocycles. The fourth-order valence-electron chi connectivity index (χ4n) is 3.06. The summed E-state index contributed by atoms with van der Waals surface area (Å²) in [6.45, 7) is 11.8. The molecule has 3 heteroatoms. The Morgan fingerprint density at radius 2 is 1.55 bits per heavy atom. The summed E-state index contributed by atoms with van der Waals surface area (Å²) < 4.78 is 0. The van der Waals surface area contributed by atoms with E-state index in [0.717, 1.165) is 13.1 Å². The van der Waals surface area contributed by atoms with Crippen LogP contribution in [0.4, 0.5) is 0 Å². The summed E-state index contributed by atoms with van der Waals surface area (Å²) in [5.74, 6) is 0. The molecule has 124 valence electrons. The molecular weight excluding hydrogens is 270 g/mol.